The topological polar surface area (TPSA) is 56.0 Å². The van der Waals surface area contributed by atoms with Gasteiger partial charge in [0.05, 0.1) is 5.69 Å². The van der Waals surface area contributed by atoms with Crippen molar-refractivity contribution in [3.63, 3.8) is 0 Å². The predicted octanol–water partition coefficient (Wildman–Crippen LogP) is 1.88. The Morgan fingerprint density at radius 1 is 1.07 bits per heavy atom. The Balaban J connectivity index is 2.38. The predicted molar refractivity (Wildman–Crippen MR) is 57.5 cm³/mol. The van der Waals surface area contributed by atoms with Crippen LogP contribution >= 0.6 is 0 Å². The lowest BCUT2D eigenvalue weighted by molar-refractivity contribution is 0.104. The molecule has 15 heavy (non-hydrogen) atoms. The van der Waals surface area contributed by atoms with Crippen LogP contribution in [-0.2, 0) is 0 Å². The van der Waals surface area contributed by atoms with Crippen molar-refractivity contribution in [1.82, 2.24) is 4.98 Å². The van der Waals surface area contributed by atoms with Gasteiger partial charge in [-0.1, -0.05) is 0 Å². The van der Waals surface area contributed by atoms with Crippen molar-refractivity contribution in [1.29, 1.82) is 0 Å². The molecule has 2 N–H and O–H groups in total. The number of pyridine rings is 1. The highest BCUT2D eigenvalue weighted by atomic mass is 16.1. The Hall–Kier alpha value is -2.16. The first kappa shape index (κ1) is 8.17. The maximum absolute atomic E-state index is 11.9. The molecule has 1 aromatic heterocycles. The molecule has 1 heterocycles. The van der Waals surface area contributed by atoms with Gasteiger partial charge in [-0.25, -0.2) is 0 Å². The average molecular weight is 196 g/mol. The maximum atomic E-state index is 11.9. The van der Waals surface area contributed by atoms with E-state index in [1.165, 1.54) is 0 Å². The van der Waals surface area contributed by atoms with Gasteiger partial charge < -0.3 is 5.73 Å². The Morgan fingerprint density at radius 2 is 1.93 bits per heavy atom. The molecular weight excluding hydrogens is 188 g/mol. The molecule has 1 aromatic carbocycles. The molecule has 0 unspecified atom stereocenters. The summed E-state index contributed by atoms with van der Waals surface area (Å²) in [6.45, 7) is 0. The fourth-order valence-corrected chi connectivity index (χ4v) is 1.90. The zero-order valence-corrected chi connectivity index (χ0v) is 7.90. The molecule has 0 bridgehead atoms. The van der Waals surface area contributed by atoms with Crippen LogP contribution in [0.5, 0.6) is 0 Å². The molecule has 0 fully saturated rings. The Bertz CT molecular complexity index is 576. The minimum Gasteiger partial charge on any atom is -0.399 e. The summed E-state index contributed by atoms with van der Waals surface area (Å²) in [7, 11) is 0. The molecule has 0 saturated carbocycles. The Morgan fingerprint density at radius 3 is 2.80 bits per heavy atom. The number of carbonyl (C=O) groups is 1. The minimum atomic E-state index is 0.0143. The summed E-state index contributed by atoms with van der Waals surface area (Å²) in [6, 6.07) is 8.91. The van der Waals surface area contributed by atoms with Crippen molar-refractivity contribution >= 4 is 11.5 Å². The normalized spacial score (nSPS) is 12.4. The number of aromatic nitrogens is 1. The highest BCUT2D eigenvalue weighted by Gasteiger charge is 2.27. The van der Waals surface area contributed by atoms with Gasteiger partial charge in [-0.05, 0) is 30.3 Å². The quantitative estimate of drug-likeness (QED) is 0.558. The molecule has 3 heteroatoms. The van der Waals surface area contributed by atoms with E-state index < -0.39 is 0 Å². The van der Waals surface area contributed by atoms with Gasteiger partial charge >= 0.3 is 0 Å². The number of benzene rings is 1. The fourth-order valence-electron chi connectivity index (χ4n) is 1.90. The van der Waals surface area contributed by atoms with Gasteiger partial charge in [-0.3, -0.25) is 9.78 Å². The van der Waals surface area contributed by atoms with Crippen LogP contribution in [-0.4, -0.2) is 10.8 Å². The summed E-state index contributed by atoms with van der Waals surface area (Å²) in [4.78, 5) is 16.2. The first-order chi connectivity index (χ1) is 7.27. The maximum Gasteiger partial charge on any atom is 0.195 e. The van der Waals surface area contributed by atoms with E-state index >= 15 is 0 Å². The van der Waals surface area contributed by atoms with Crippen molar-refractivity contribution in [2.75, 3.05) is 5.73 Å². The molecule has 2 aromatic rings. The fraction of sp³-hybridized carbons (Fsp3) is 0. The van der Waals surface area contributed by atoms with E-state index in [2.05, 4.69) is 4.98 Å². The molecule has 3 nitrogen and oxygen atoms in total. The van der Waals surface area contributed by atoms with Crippen LogP contribution in [0.15, 0.2) is 36.5 Å². The van der Waals surface area contributed by atoms with E-state index in [-0.39, 0.29) is 5.78 Å². The van der Waals surface area contributed by atoms with E-state index in [0.717, 1.165) is 11.3 Å². The standard InChI is InChI=1S/C12H8N2O/c13-7-3-4-8-10(6-7)12(15)9-2-1-5-14-11(8)9/h1-6H,13H2. The van der Waals surface area contributed by atoms with Gasteiger partial charge in [0.1, 0.15) is 0 Å². The summed E-state index contributed by atoms with van der Waals surface area (Å²) in [5, 5.41) is 0. The number of rotatable bonds is 0. The van der Waals surface area contributed by atoms with Gasteiger partial charge in [0, 0.05) is 28.6 Å². The number of fused-ring (bicyclic) bond motifs is 3. The molecule has 72 valence electrons. The lowest BCUT2D eigenvalue weighted by atomic mass is 10.1. The number of hydrogen-bond donors (Lipinski definition) is 1. The van der Waals surface area contributed by atoms with Gasteiger partial charge in [0.2, 0.25) is 0 Å². The van der Waals surface area contributed by atoms with Crippen LogP contribution in [0, 0.1) is 0 Å². The number of anilines is 1. The lowest BCUT2D eigenvalue weighted by Crippen LogP contribution is -1.96. The lowest BCUT2D eigenvalue weighted by Gasteiger charge is -1.98. The van der Waals surface area contributed by atoms with E-state index in [4.69, 9.17) is 5.73 Å². The van der Waals surface area contributed by atoms with Gasteiger partial charge in [0.25, 0.3) is 0 Å². The van der Waals surface area contributed by atoms with Crippen molar-refractivity contribution in [3.05, 3.63) is 47.7 Å². The third kappa shape index (κ3) is 1.00. The average Bonchev–Trinajstić information content (AvgIpc) is 2.54. The molecule has 0 radical (unpaired) electrons. The van der Waals surface area contributed by atoms with Gasteiger partial charge in [-0.2, -0.15) is 0 Å². The number of nitrogens with zero attached hydrogens (tertiary/aromatic N) is 1. The van der Waals surface area contributed by atoms with Crippen molar-refractivity contribution < 1.29 is 4.79 Å². The number of hydrogen-bond acceptors (Lipinski definition) is 3. The van der Waals surface area contributed by atoms with Crippen LogP contribution < -0.4 is 5.73 Å². The second kappa shape index (κ2) is 2.67. The Labute approximate surface area is 86.6 Å². The number of nitrogens with two attached hydrogens (primary N) is 1. The highest BCUT2D eigenvalue weighted by molar-refractivity contribution is 6.21. The van der Waals surface area contributed by atoms with Gasteiger partial charge in [-0.15, -0.1) is 0 Å². The van der Waals surface area contributed by atoms with E-state index in [9.17, 15) is 4.79 Å². The largest absolute Gasteiger partial charge is 0.399 e. The minimum absolute atomic E-state index is 0.0143. The van der Waals surface area contributed by atoms with Crippen LogP contribution in [0.1, 0.15) is 15.9 Å². The van der Waals surface area contributed by atoms with Crippen molar-refractivity contribution in [3.8, 4) is 11.3 Å². The molecule has 0 spiro atoms. The number of ketones is 1. The second-order valence-corrected chi connectivity index (χ2v) is 3.53. The monoisotopic (exact) mass is 196 g/mol. The smallest absolute Gasteiger partial charge is 0.195 e. The van der Waals surface area contributed by atoms with Crippen LogP contribution in [0.4, 0.5) is 5.69 Å². The molecule has 1 aliphatic rings. The summed E-state index contributed by atoms with van der Waals surface area (Å²) in [5.74, 6) is 0.0143. The number of carbonyl (C=O) groups excluding carboxylic acids is 1. The molecule has 0 amide bonds. The Kier molecular flexibility index (Phi) is 1.45. The zero-order valence-electron chi connectivity index (χ0n) is 7.90. The highest BCUT2D eigenvalue weighted by Crippen LogP contribution is 2.35. The van der Waals surface area contributed by atoms with Crippen LogP contribution in [0.2, 0.25) is 0 Å². The third-order valence-electron chi connectivity index (χ3n) is 2.60. The molecular formula is C12H8N2O. The van der Waals surface area contributed by atoms with Gasteiger partial charge in [0.15, 0.2) is 5.78 Å². The third-order valence-corrected chi connectivity index (χ3v) is 2.60. The molecule has 0 saturated heterocycles. The van der Waals surface area contributed by atoms with Crippen LogP contribution in [0.25, 0.3) is 11.3 Å². The molecule has 1 aliphatic carbocycles. The van der Waals surface area contributed by atoms with Crippen molar-refractivity contribution in [2.45, 2.75) is 0 Å². The number of nitrogen functional groups attached to an aromatic ring is 1. The van der Waals surface area contributed by atoms with Crippen LogP contribution in [0.3, 0.4) is 0 Å². The summed E-state index contributed by atoms with van der Waals surface area (Å²) in [5.41, 5.74) is 9.22. The summed E-state index contributed by atoms with van der Waals surface area (Å²) >= 11 is 0. The van der Waals surface area contributed by atoms with Crippen molar-refractivity contribution in [2.24, 2.45) is 0 Å². The molecule has 0 atom stereocenters. The first-order valence-electron chi connectivity index (χ1n) is 4.67. The molecule has 0 aliphatic heterocycles. The zero-order chi connectivity index (χ0) is 10.4. The summed E-state index contributed by atoms with van der Waals surface area (Å²) < 4.78 is 0. The second-order valence-electron chi connectivity index (χ2n) is 3.53. The molecule has 3 rings (SSSR count). The first-order valence-corrected chi connectivity index (χ1v) is 4.67. The van der Waals surface area contributed by atoms with E-state index in [1.807, 2.05) is 6.07 Å². The van der Waals surface area contributed by atoms with E-state index in [0.29, 0.717) is 16.8 Å². The SMILES string of the molecule is Nc1ccc2c(c1)C(=O)c1cccnc1-2. The summed E-state index contributed by atoms with van der Waals surface area (Å²) in [6.07, 6.45) is 1.69. The van der Waals surface area contributed by atoms with E-state index in [1.54, 1.807) is 30.5 Å².